The van der Waals surface area contributed by atoms with Gasteiger partial charge >= 0.3 is 0 Å². The van der Waals surface area contributed by atoms with Gasteiger partial charge in [-0.15, -0.1) is 0 Å². The van der Waals surface area contributed by atoms with Gasteiger partial charge in [0.05, 0.1) is 5.41 Å². The second-order valence-electron chi connectivity index (χ2n) is 8.02. The van der Waals surface area contributed by atoms with E-state index >= 15 is 0 Å². The second-order valence-corrected chi connectivity index (χ2v) is 8.43. The fourth-order valence-electron chi connectivity index (χ4n) is 4.39. The molecule has 5 heteroatoms. The first-order valence-corrected chi connectivity index (χ1v) is 10.6. The summed E-state index contributed by atoms with van der Waals surface area (Å²) >= 11 is 6.35. The Bertz CT molecular complexity index is 1010. The van der Waals surface area contributed by atoms with Crippen LogP contribution in [0.3, 0.4) is 0 Å². The predicted molar refractivity (Wildman–Crippen MR) is 121 cm³/mol. The Morgan fingerprint density at radius 2 is 1.77 bits per heavy atom. The van der Waals surface area contributed by atoms with Crippen molar-refractivity contribution in [3.05, 3.63) is 89.2 Å². The molecule has 3 aromatic rings. The number of carbonyl (C=O) groups excluding carboxylic acids is 1. The molecular formula is C25H26ClN3O. The van der Waals surface area contributed by atoms with E-state index in [2.05, 4.69) is 45.5 Å². The van der Waals surface area contributed by atoms with E-state index < -0.39 is 5.41 Å². The fourth-order valence-corrected chi connectivity index (χ4v) is 4.58. The fraction of sp³-hybridized carbons (Fsp3) is 0.280. The standard InChI is InChI=1S/C25H26ClN3O/c1-27-24(30)25(12-15-29(18-25)17-22-4-2-3-5-23(22)26)16-19-6-8-20(9-7-19)21-10-13-28-14-11-21/h2-11,13-14H,12,15-18H2,1H3,(H,27,30). The molecule has 1 fully saturated rings. The molecule has 2 aromatic carbocycles. The van der Waals surface area contributed by atoms with Crippen molar-refractivity contribution < 1.29 is 4.79 Å². The topological polar surface area (TPSA) is 45.2 Å². The number of nitrogens with one attached hydrogen (secondary N) is 1. The number of hydrogen-bond donors (Lipinski definition) is 1. The number of halogens is 1. The number of carbonyl (C=O) groups is 1. The average molecular weight is 420 g/mol. The van der Waals surface area contributed by atoms with E-state index in [9.17, 15) is 4.79 Å². The second kappa shape index (κ2) is 8.99. The largest absolute Gasteiger partial charge is 0.359 e. The summed E-state index contributed by atoms with van der Waals surface area (Å²) in [7, 11) is 1.73. The number of benzene rings is 2. The maximum atomic E-state index is 12.9. The molecule has 1 atom stereocenters. The van der Waals surface area contributed by atoms with Gasteiger partial charge in [0.25, 0.3) is 0 Å². The third-order valence-corrected chi connectivity index (χ3v) is 6.37. The van der Waals surface area contributed by atoms with Gasteiger partial charge in [0.2, 0.25) is 5.91 Å². The molecule has 4 rings (SSSR count). The minimum absolute atomic E-state index is 0.113. The van der Waals surface area contributed by atoms with Gasteiger partial charge in [-0.3, -0.25) is 14.7 Å². The summed E-state index contributed by atoms with van der Waals surface area (Å²) in [5, 5.41) is 3.68. The van der Waals surface area contributed by atoms with Crippen LogP contribution in [-0.4, -0.2) is 35.9 Å². The van der Waals surface area contributed by atoms with Crippen molar-refractivity contribution in [1.82, 2.24) is 15.2 Å². The number of aromatic nitrogens is 1. The summed E-state index contributed by atoms with van der Waals surface area (Å²) < 4.78 is 0. The molecule has 1 aliphatic rings. The molecule has 0 radical (unpaired) electrons. The number of pyridine rings is 1. The van der Waals surface area contributed by atoms with Crippen LogP contribution >= 0.6 is 11.6 Å². The van der Waals surface area contributed by atoms with E-state index in [0.29, 0.717) is 0 Å². The first-order valence-electron chi connectivity index (χ1n) is 10.3. The third-order valence-electron chi connectivity index (χ3n) is 6.00. The highest BCUT2D eigenvalue weighted by molar-refractivity contribution is 6.31. The summed E-state index contributed by atoms with van der Waals surface area (Å²) in [4.78, 5) is 19.3. The van der Waals surface area contributed by atoms with Gasteiger partial charge in [0, 0.05) is 37.6 Å². The highest BCUT2D eigenvalue weighted by Gasteiger charge is 2.44. The van der Waals surface area contributed by atoms with Gasteiger partial charge in [-0.05, 0) is 59.8 Å². The maximum Gasteiger partial charge on any atom is 0.227 e. The Hall–Kier alpha value is -2.69. The van der Waals surface area contributed by atoms with Crippen LogP contribution in [0.5, 0.6) is 0 Å². The van der Waals surface area contributed by atoms with Crippen LogP contribution in [0.15, 0.2) is 73.1 Å². The highest BCUT2D eigenvalue weighted by Crippen LogP contribution is 2.36. The van der Waals surface area contributed by atoms with Gasteiger partial charge in [-0.1, -0.05) is 54.1 Å². The SMILES string of the molecule is CNC(=O)C1(Cc2ccc(-c3ccncc3)cc2)CCN(Cc2ccccc2Cl)C1. The lowest BCUT2D eigenvalue weighted by molar-refractivity contribution is -0.130. The smallest absolute Gasteiger partial charge is 0.227 e. The molecule has 0 aliphatic carbocycles. The van der Waals surface area contributed by atoms with E-state index in [1.54, 1.807) is 19.4 Å². The van der Waals surface area contributed by atoms with Gasteiger partial charge in [-0.25, -0.2) is 0 Å². The molecule has 1 unspecified atom stereocenters. The van der Waals surface area contributed by atoms with E-state index in [0.717, 1.165) is 54.2 Å². The van der Waals surface area contributed by atoms with Gasteiger partial charge in [0.15, 0.2) is 0 Å². The van der Waals surface area contributed by atoms with Crippen molar-refractivity contribution >= 4 is 17.5 Å². The Balaban J connectivity index is 1.51. The van der Waals surface area contributed by atoms with Crippen molar-refractivity contribution in [2.24, 2.45) is 5.41 Å². The number of hydrogen-bond acceptors (Lipinski definition) is 3. The predicted octanol–water partition coefficient (Wildman–Crippen LogP) is 4.58. The van der Waals surface area contributed by atoms with Crippen LogP contribution in [0.2, 0.25) is 5.02 Å². The van der Waals surface area contributed by atoms with E-state index in [1.807, 2.05) is 30.3 Å². The molecule has 30 heavy (non-hydrogen) atoms. The molecule has 1 saturated heterocycles. The summed E-state index contributed by atoms with van der Waals surface area (Å²) in [6.45, 7) is 2.37. The highest BCUT2D eigenvalue weighted by atomic mass is 35.5. The average Bonchev–Trinajstić information content (AvgIpc) is 3.19. The van der Waals surface area contributed by atoms with E-state index in [1.165, 1.54) is 5.56 Å². The first-order chi connectivity index (χ1) is 14.6. The Morgan fingerprint density at radius 3 is 2.47 bits per heavy atom. The summed E-state index contributed by atoms with van der Waals surface area (Å²) in [6.07, 6.45) is 5.16. The molecular weight excluding hydrogens is 394 g/mol. The first kappa shape index (κ1) is 20.6. The minimum Gasteiger partial charge on any atom is -0.359 e. The molecule has 2 heterocycles. The van der Waals surface area contributed by atoms with Gasteiger partial charge < -0.3 is 5.32 Å². The molecule has 1 aliphatic heterocycles. The number of nitrogens with zero attached hydrogens (tertiary/aromatic N) is 2. The zero-order chi connectivity index (χ0) is 21.0. The Labute approximate surface area is 182 Å². The van der Waals surface area contributed by atoms with Crippen molar-refractivity contribution in [1.29, 1.82) is 0 Å². The monoisotopic (exact) mass is 419 g/mol. The van der Waals surface area contributed by atoms with Crippen molar-refractivity contribution in [2.45, 2.75) is 19.4 Å². The van der Waals surface area contributed by atoms with E-state index in [-0.39, 0.29) is 5.91 Å². The number of rotatable bonds is 6. The van der Waals surface area contributed by atoms with Crippen molar-refractivity contribution in [3.63, 3.8) is 0 Å². The lowest BCUT2D eigenvalue weighted by Crippen LogP contribution is -2.43. The summed E-state index contributed by atoms with van der Waals surface area (Å²) in [5.41, 5.74) is 4.16. The molecule has 1 aromatic heterocycles. The molecule has 1 N–H and O–H groups in total. The molecule has 1 amide bonds. The summed E-state index contributed by atoms with van der Waals surface area (Å²) in [5.74, 6) is 0.113. The summed E-state index contributed by atoms with van der Waals surface area (Å²) in [6, 6.07) is 20.5. The van der Waals surface area contributed by atoms with Crippen LogP contribution in [0.4, 0.5) is 0 Å². The molecule has 154 valence electrons. The van der Waals surface area contributed by atoms with Gasteiger partial charge in [-0.2, -0.15) is 0 Å². The van der Waals surface area contributed by atoms with Crippen molar-refractivity contribution in [3.8, 4) is 11.1 Å². The minimum atomic E-state index is -0.422. The lowest BCUT2D eigenvalue weighted by Gasteiger charge is -2.28. The Kier molecular flexibility index (Phi) is 6.16. The third kappa shape index (κ3) is 4.40. The van der Waals surface area contributed by atoms with Crippen LogP contribution in [0, 0.1) is 5.41 Å². The lowest BCUT2D eigenvalue weighted by atomic mass is 9.79. The quantitative estimate of drug-likeness (QED) is 0.635. The number of likely N-dealkylation sites (tertiary alicyclic amines) is 1. The van der Waals surface area contributed by atoms with Crippen LogP contribution in [0.1, 0.15) is 17.5 Å². The molecule has 4 nitrogen and oxygen atoms in total. The van der Waals surface area contributed by atoms with Crippen LogP contribution in [0.25, 0.3) is 11.1 Å². The van der Waals surface area contributed by atoms with E-state index in [4.69, 9.17) is 11.6 Å². The van der Waals surface area contributed by atoms with Crippen LogP contribution < -0.4 is 5.32 Å². The normalized spacial score (nSPS) is 19.0. The molecule has 0 spiro atoms. The maximum absolute atomic E-state index is 12.9. The van der Waals surface area contributed by atoms with Crippen molar-refractivity contribution in [2.75, 3.05) is 20.1 Å². The molecule has 0 saturated carbocycles. The zero-order valence-corrected chi connectivity index (χ0v) is 17.9. The number of amides is 1. The van der Waals surface area contributed by atoms with Gasteiger partial charge in [0.1, 0.15) is 0 Å². The molecule has 0 bridgehead atoms. The van der Waals surface area contributed by atoms with Crippen LogP contribution in [-0.2, 0) is 17.8 Å². The Morgan fingerprint density at radius 1 is 1.07 bits per heavy atom. The zero-order valence-electron chi connectivity index (χ0n) is 17.1.